The van der Waals surface area contributed by atoms with Gasteiger partial charge in [0.2, 0.25) is 12.4 Å². The predicted molar refractivity (Wildman–Crippen MR) is 146 cm³/mol. The van der Waals surface area contributed by atoms with Crippen LogP contribution in [0.5, 0.6) is 0 Å². The van der Waals surface area contributed by atoms with Crippen LogP contribution in [-0.4, -0.2) is 72.2 Å². The molecule has 39 heavy (non-hydrogen) atoms. The second kappa shape index (κ2) is 12.6. The molecule has 2 aliphatic rings. The normalized spacial score (nSPS) is 20.1. The maximum absolute atomic E-state index is 15.0. The van der Waals surface area contributed by atoms with Gasteiger partial charge in [-0.25, -0.2) is 17.7 Å². The van der Waals surface area contributed by atoms with Gasteiger partial charge in [-0.05, 0) is 61.1 Å². The second-order valence-electron chi connectivity index (χ2n) is 9.87. The van der Waals surface area contributed by atoms with Gasteiger partial charge in [0.1, 0.15) is 25.6 Å². The monoisotopic (exact) mass is 536 g/mol. The van der Waals surface area contributed by atoms with E-state index in [0.29, 0.717) is 30.1 Å². The lowest BCUT2D eigenvalue weighted by Gasteiger charge is -2.43. The molecule has 0 spiro atoms. The lowest BCUT2D eigenvalue weighted by molar-refractivity contribution is 0.0552. The number of halogens is 3. The van der Waals surface area contributed by atoms with Crippen LogP contribution in [0, 0.1) is 18.3 Å². The molecule has 1 saturated carbocycles. The highest BCUT2D eigenvalue weighted by Gasteiger charge is 2.35. The fourth-order valence-electron chi connectivity index (χ4n) is 4.87. The van der Waals surface area contributed by atoms with Crippen LogP contribution in [0.3, 0.4) is 0 Å². The van der Waals surface area contributed by atoms with E-state index in [2.05, 4.69) is 36.6 Å². The molecule has 2 atom stereocenters. The molecule has 0 amide bonds. The molecule has 1 aromatic carbocycles. The highest BCUT2D eigenvalue weighted by atomic mass is 19.3. The van der Waals surface area contributed by atoms with Gasteiger partial charge in [0.15, 0.2) is 5.69 Å². The standard InChI is InChI=1S/C24H26BFN8.C3H6F2/c1-14-10-15(6-7-19(14)31-28-2)17-11-22(25)34-23(17)21(12-27)30-24(32-34)29-20-8-9-33(13-18(20)26)16-4-3-5-16;1-2-3(4)5/h6-7,10-11,16,18,20H,3-5,8-9,13H2,1-2H3,(H,29,32);3H,2H2,1H3. The van der Waals surface area contributed by atoms with Gasteiger partial charge < -0.3 is 5.32 Å². The molecular formula is C27H32BF3N8. The van der Waals surface area contributed by atoms with Gasteiger partial charge in [-0.1, -0.05) is 19.4 Å². The zero-order valence-corrected chi connectivity index (χ0v) is 22.4. The average Bonchev–Trinajstić information content (AvgIpc) is 3.22. The summed E-state index contributed by atoms with van der Waals surface area (Å²) in [5.74, 6) is 0.206. The van der Waals surface area contributed by atoms with E-state index in [9.17, 15) is 18.4 Å². The molecule has 8 nitrogen and oxygen atoms in total. The number of aromatic nitrogens is 3. The molecule has 0 bridgehead atoms. The van der Waals surface area contributed by atoms with Crippen molar-refractivity contribution in [3.63, 3.8) is 0 Å². The van der Waals surface area contributed by atoms with Crippen LogP contribution in [-0.2, 0) is 0 Å². The van der Waals surface area contributed by atoms with Crippen molar-refractivity contribution in [2.24, 2.45) is 10.2 Å². The summed E-state index contributed by atoms with van der Waals surface area (Å²) < 4.78 is 38.0. The summed E-state index contributed by atoms with van der Waals surface area (Å²) >= 11 is 0. The van der Waals surface area contributed by atoms with Crippen molar-refractivity contribution >= 4 is 30.6 Å². The Balaban J connectivity index is 0.000000648. The van der Waals surface area contributed by atoms with Crippen molar-refractivity contribution in [1.29, 1.82) is 5.26 Å². The lowest BCUT2D eigenvalue weighted by Crippen LogP contribution is -2.53. The van der Waals surface area contributed by atoms with Gasteiger partial charge in [0.05, 0.1) is 11.7 Å². The number of nitrogens with zero attached hydrogens (tertiary/aromatic N) is 7. The first-order valence-corrected chi connectivity index (χ1v) is 13.2. The molecule has 204 valence electrons. The fourth-order valence-corrected chi connectivity index (χ4v) is 4.87. The third-order valence-corrected chi connectivity index (χ3v) is 7.25. The van der Waals surface area contributed by atoms with Gasteiger partial charge in [-0.2, -0.15) is 20.5 Å². The fraction of sp³-hybridized carbons (Fsp3) is 0.519. The molecule has 1 N–H and O–H groups in total. The first-order chi connectivity index (χ1) is 18.7. The number of hydrogen-bond acceptors (Lipinski definition) is 7. The number of aryl methyl sites for hydroxylation is 1. The van der Waals surface area contributed by atoms with Crippen molar-refractivity contribution in [2.45, 2.75) is 70.6 Å². The minimum Gasteiger partial charge on any atom is -0.347 e. The van der Waals surface area contributed by atoms with Crippen LogP contribution in [0.25, 0.3) is 16.6 Å². The van der Waals surface area contributed by atoms with E-state index in [0.717, 1.165) is 41.8 Å². The minimum atomic E-state index is -2.12. The first-order valence-electron chi connectivity index (χ1n) is 13.2. The number of rotatable bonds is 6. The number of azo groups is 1. The number of piperidine rings is 1. The van der Waals surface area contributed by atoms with E-state index in [1.807, 2.05) is 25.1 Å². The van der Waals surface area contributed by atoms with Crippen molar-refractivity contribution in [1.82, 2.24) is 19.5 Å². The summed E-state index contributed by atoms with van der Waals surface area (Å²) in [6, 6.07) is 9.81. The Morgan fingerprint density at radius 1 is 1.26 bits per heavy atom. The van der Waals surface area contributed by atoms with E-state index < -0.39 is 18.6 Å². The summed E-state index contributed by atoms with van der Waals surface area (Å²) in [4.78, 5) is 6.68. The number of hydrogen-bond donors (Lipinski definition) is 1. The molecule has 3 heterocycles. The van der Waals surface area contributed by atoms with Crippen LogP contribution < -0.4 is 10.9 Å². The molecule has 2 fully saturated rings. The Bertz CT molecular complexity index is 1370. The van der Waals surface area contributed by atoms with Gasteiger partial charge in [0.25, 0.3) is 0 Å². The van der Waals surface area contributed by atoms with Gasteiger partial charge in [-0.3, -0.25) is 4.90 Å². The highest BCUT2D eigenvalue weighted by Crippen LogP contribution is 2.32. The zero-order chi connectivity index (χ0) is 28.1. The second-order valence-corrected chi connectivity index (χ2v) is 9.87. The summed E-state index contributed by atoms with van der Waals surface area (Å²) in [6.07, 6.45) is 1.05. The molecule has 2 radical (unpaired) electrons. The third kappa shape index (κ3) is 6.41. The van der Waals surface area contributed by atoms with Crippen molar-refractivity contribution < 1.29 is 13.2 Å². The van der Waals surface area contributed by atoms with Crippen LogP contribution in [0.15, 0.2) is 34.5 Å². The smallest absolute Gasteiger partial charge is 0.242 e. The Hall–Kier alpha value is -3.46. The topological polar surface area (TPSA) is 94.0 Å². The Labute approximate surface area is 227 Å². The number of fused-ring (bicyclic) bond motifs is 1. The van der Waals surface area contributed by atoms with Gasteiger partial charge >= 0.3 is 0 Å². The molecule has 3 aromatic rings. The quantitative estimate of drug-likeness (QED) is 0.349. The van der Waals surface area contributed by atoms with E-state index >= 15 is 0 Å². The largest absolute Gasteiger partial charge is 0.347 e. The lowest BCUT2D eigenvalue weighted by atomic mass is 9.89. The predicted octanol–water partition coefficient (Wildman–Crippen LogP) is 5.12. The Morgan fingerprint density at radius 3 is 2.56 bits per heavy atom. The number of nitriles is 1. The average molecular weight is 536 g/mol. The molecule has 2 unspecified atom stereocenters. The molecule has 1 saturated heterocycles. The number of likely N-dealkylation sites (tertiary alicyclic amines) is 1. The molecule has 5 rings (SSSR count). The van der Waals surface area contributed by atoms with E-state index in [1.54, 1.807) is 13.1 Å². The first kappa shape index (κ1) is 28.6. The molecule has 1 aliphatic heterocycles. The van der Waals surface area contributed by atoms with E-state index in [-0.39, 0.29) is 18.1 Å². The van der Waals surface area contributed by atoms with Crippen molar-refractivity contribution in [3.8, 4) is 17.2 Å². The van der Waals surface area contributed by atoms with Crippen molar-refractivity contribution in [2.75, 3.05) is 25.5 Å². The maximum Gasteiger partial charge on any atom is 0.242 e. The molecule has 1 aliphatic carbocycles. The van der Waals surface area contributed by atoms with Crippen LogP contribution in [0.4, 0.5) is 24.8 Å². The number of nitrogens with one attached hydrogen (secondary N) is 1. The zero-order valence-electron chi connectivity index (χ0n) is 22.4. The Morgan fingerprint density at radius 2 is 2.00 bits per heavy atom. The van der Waals surface area contributed by atoms with Crippen LogP contribution in [0.1, 0.15) is 50.3 Å². The van der Waals surface area contributed by atoms with Crippen molar-refractivity contribution in [3.05, 3.63) is 35.5 Å². The highest BCUT2D eigenvalue weighted by molar-refractivity contribution is 6.32. The molecule has 12 heteroatoms. The molecular weight excluding hydrogens is 504 g/mol. The number of anilines is 1. The van der Waals surface area contributed by atoms with E-state index in [1.165, 1.54) is 17.9 Å². The summed E-state index contributed by atoms with van der Waals surface area (Å²) in [5.41, 5.74) is 4.41. The van der Waals surface area contributed by atoms with Gasteiger partial charge in [-0.15, -0.1) is 5.10 Å². The van der Waals surface area contributed by atoms with Gasteiger partial charge in [0, 0.05) is 38.2 Å². The van der Waals surface area contributed by atoms with E-state index in [4.69, 9.17) is 7.85 Å². The third-order valence-electron chi connectivity index (χ3n) is 7.25. The SMILES string of the molecule is CCC(F)F.[B]c1cc(-c2ccc(N=NC)c(C)c2)c2c(C#N)nc(NC3CCN(C4CCC4)CC3F)nn12. The summed E-state index contributed by atoms with van der Waals surface area (Å²) in [6.45, 7) is 4.66. The van der Waals surface area contributed by atoms with Crippen LogP contribution in [0.2, 0.25) is 0 Å². The summed E-state index contributed by atoms with van der Waals surface area (Å²) in [5, 5.41) is 25.5. The number of benzene rings is 1. The Kier molecular flexibility index (Phi) is 9.22. The molecule has 2 aromatic heterocycles. The summed E-state index contributed by atoms with van der Waals surface area (Å²) in [7, 11) is 7.90. The minimum absolute atomic E-state index is 0.0278. The van der Waals surface area contributed by atoms with Crippen LogP contribution >= 0.6 is 0 Å². The maximum atomic E-state index is 15.0. The number of alkyl halides is 3.